The van der Waals surface area contributed by atoms with Crippen molar-refractivity contribution in [2.24, 2.45) is 0 Å². The van der Waals surface area contributed by atoms with Gasteiger partial charge in [-0.1, -0.05) is 6.92 Å². The molecule has 0 spiro atoms. The van der Waals surface area contributed by atoms with Crippen molar-refractivity contribution in [1.82, 2.24) is 0 Å². The second-order valence-electron chi connectivity index (χ2n) is 2.46. The Morgan fingerprint density at radius 3 is 2.83 bits per heavy atom. The Labute approximate surface area is 86.7 Å². The summed E-state index contributed by atoms with van der Waals surface area (Å²) in [5, 5.41) is 0. The monoisotopic (exact) mass is 246 g/mol. The summed E-state index contributed by atoms with van der Waals surface area (Å²) in [6.45, 7) is 2.84. The molecule has 0 unspecified atom stereocenters. The highest BCUT2D eigenvalue weighted by Gasteiger charge is 1.99. The van der Waals surface area contributed by atoms with E-state index in [-0.39, 0.29) is 0 Å². The minimum Gasteiger partial charge on any atom is -0.492 e. The van der Waals surface area contributed by atoms with Gasteiger partial charge in [-0.05, 0) is 40.5 Å². The Kier molecular flexibility index (Phi) is 3.95. The van der Waals surface area contributed by atoms with Crippen LogP contribution in [0.1, 0.15) is 13.3 Å². The van der Waals surface area contributed by atoms with Crippen molar-refractivity contribution in [3.05, 3.63) is 22.7 Å². The molecular weight excluding hydrogens is 236 g/mol. The zero-order chi connectivity index (χ0) is 8.97. The maximum absolute atomic E-state index is 5.46. The third-order valence-electron chi connectivity index (χ3n) is 1.38. The number of thiol groups is 1. The first kappa shape index (κ1) is 9.93. The smallest absolute Gasteiger partial charge is 0.133 e. The quantitative estimate of drug-likeness (QED) is 0.804. The Balaban J connectivity index is 2.72. The predicted molar refractivity (Wildman–Crippen MR) is 57.2 cm³/mol. The van der Waals surface area contributed by atoms with Gasteiger partial charge in [-0.3, -0.25) is 0 Å². The third-order valence-corrected chi connectivity index (χ3v) is 2.28. The van der Waals surface area contributed by atoms with Crippen LogP contribution in [-0.4, -0.2) is 6.61 Å². The SMILES string of the molecule is CCCOc1ccc(S)cc1Br. The van der Waals surface area contributed by atoms with Crippen molar-refractivity contribution >= 4 is 28.6 Å². The molecule has 0 aromatic heterocycles. The number of halogens is 1. The summed E-state index contributed by atoms with van der Waals surface area (Å²) in [7, 11) is 0. The summed E-state index contributed by atoms with van der Waals surface area (Å²) in [6, 6.07) is 5.76. The lowest BCUT2D eigenvalue weighted by molar-refractivity contribution is 0.315. The van der Waals surface area contributed by atoms with Crippen LogP contribution in [0.2, 0.25) is 0 Å². The maximum Gasteiger partial charge on any atom is 0.133 e. The molecule has 3 heteroatoms. The minimum absolute atomic E-state index is 0.754. The van der Waals surface area contributed by atoms with Crippen molar-refractivity contribution < 1.29 is 4.74 Å². The Morgan fingerprint density at radius 2 is 2.25 bits per heavy atom. The van der Waals surface area contributed by atoms with Crippen LogP contribution < -0.4 is 4.74 Å². The summed E-state index contributed by atoms with van der Waals surface area (Å²) < 4.78 is 6.42. The summed E-state index contributed by atoms with van der Waals surface area (Å²) in [4.78, 5) is 0.936. The van der Waals surface area contributed by atoms with Gasteiger partial charge in [0.15, 0.2) is 0 Å². The van der Waals surface area contributed by atoms with E-state index in [0.29, 0.717) is 0 Å². The van der Waals surface area contributed by atoms with Crippen LogP contribution in [0.3, 0.4) is 0 Å². The van der Waals surface area contributed by atoms with Gasteiger partial charge in [-0.2, -0.15) is 0 Å². The molecule has 0 aliphatic heterocycles. The molecule has 0 radical (unpaired) electrons. The van der Waals surface area contributed by atoms with Crippen LogP contribution in [0.25, 0.3) is 0 Å². The molecule has 0 bridgehead atoms. The lowest BCUT2D eigenvalue weighted by atomic mass is 10.3. The van der Waals surface area contributed by atoms with E-state index in [1.165, 1.54) is 0 Å². The van der Waals surface area contributed by atoms with Gasteiger partial charge in [0.05, 0.1) is 11.1 Å². The van der Waals surface area contributed by atoms with Gasteiger partial charge in [0.25, 0.3) is 0 Å². The van der Waals surface area contributed by atoms with Gasteiger partial charge in [-0.25, -0.2) is 0 Å². The standard InChI is InChI=1S/C9H11BrOS/c1-2-5-11-9-4-3-7(12)6-8(9)10/h3-4,6,12H,2,5H2,1H3. The van der Waals surface area contributed by atoms with Crippen LogP contribution in [0, 0.1) is 0 Å². The maximum atomic E-state index is 5.46. The molecule has 0 N–H and O–H groups in total. The summed E-state index contributed by atoms with van der Waals surface area (Å²) in [5.74, 6) is 0.884. The highest BCUT2D eigenvalue weighted by atomic mass is 79.9. The zero-order valence-corrected chi connectivity index (χ0v) is 9.36. The lowest BCUT2D eigenvalue weighted by Gasteiger charge is -2.06. The van der Waals surface area contributed by atoms with Gasteiger partial charge in [-0.15, -0.1) is 12.6 Å². The van der Waals surface area contributed by atoms with E-state index in [1.54, 1.807) is 0 Å². The first-order valence-corrected chi connectivity index (χ1v) is 5.09. The van der Waals surface area contributed by atoms with Gasteiger partial charge < -0.3 is 4.74 Å². The van der Waals surface area contributed by atoms with Crippen LogP contribution >= 0.6 is 28.6 Å². The number of hydrogen-bond acceptors (Lipinski definition) is 2. The molecule has 66 valence electrons. The fourth-order valence-electron chi connectivity index (χ4n) is 0.819. The predicted octanol–water partition coefficient (Wildman–Crippen LogP) is 3.53. The molecule has 0 saturated carbocycles. The minimum atomic E-state index is 0.754. The third kappa shape index (κ3) is 2.72. The molecule has 1 nitrogen and oxygen atoms in total. The van der Waals surface area contributed by atoms with E-state index in [0.717, 1.165) is 28.1 Å². The average molecular weight is 247 g/mol. The largest absolute Gasteiger partial charge is 0.492 e. The van der Waals surface area contributed by atoms with E-state index in [4.69, 9.17) is 4.74 Å². The van der Waals surface area contributed by atoms with Gasteiger partial charge in [0.2, 0.25) is 0 Å². The zero-order valence-electron chi connectivity index (χ0n) is 6.88. The van der Waals surface area contributed by atoms with E-state index >= 15 is 0 Å². The van der Waals surface area contributed by atoms with E-state index in [2.05, 4.69) is 35.5 Å². The summed E-state index contributed by atoms with van der Waals surface area (Å²) in [6.07, 6.45) is 1.02. The van der Waals surface area contributed by atoms with E-state index in [1.807, 2.05) is 18.2 Å². The molecular formula is C9H11BrOS. The number of rotatable bonds is 3. The van der Waals surface area contributed by atoms with E-state index < -0.39 is 0 Å². The fourth-order valence-corrected chi connectivity index (χ4v) is 1.69. The van der Waals surface area contributed by atoms with Crippen LogP contribution in [0.5, 0.6) is 5.75 Å². The first-order valence-electron chi connectivity index (χ1n) is 3.85. The second kappa shape index (κ2) is 4.77. The van der Waals surface area contributed by atoms with Crippen molar-refractivity contribution in [2.75, 3.05) is 6.61 Å². The van der Waals surface area contributed by atoms with Crippen molar-refractivity contribution in [3.63, 3.8) is 0 Å². The Bertz CT molecular complexity index is 263. The number of benzene rings is 1. The van der Waals surface area contributed by atoms with Crippen molar-refractivity contribution in [1.29, 1.82) is 0 Å². The molecule has 0 saturated heterocycles. The fraction of sp³-hybridized carbons (Fsp3) is 0.333. The number of ether oxygens (including phenoxy) is 1. The summed E-state index contributed by atoms with van der Waals surface area (Å²) >= 11 is 7.61. The molecule has 0 amide bonds. The molecule has 0 fully saturated rings. The Morgan fingerprint density at radius 1 is 1.50 bits per heavy atom. The van der Waals surface area contributed by atoms with Crippen LogP contribution in [-0.2, 0) is 0 Å². The molecule has 12 heavy (non-hydrogen) atoms. The molecule has 1 aromatic carbocycles. The van der Waals surface area contributed by atoms with Crippen molar-refractivity contribution in [3.8, 4) is 5.75 Å². The van der Waals surface area contributed by atoms with E-state index in [9.17, 15) is 0 Å². The van der Waals surface area contributed by atoms with Gasteiger partial charge >= 0.3 is 0 Å². The average Bonchev–Trinajstić information content (AvgIpc) is 2.03. The highest BCUT2D eigenvalue weighted by Crippen LogP contribution is 2.27. The highest BCUT2D eigenvalue weighted by molar-refractivity contribution is 9.10. The molecule has 1 aromatic rings. The number of hydrogen-bond donors (Lipinski definition) is 1. The molecule has 0 atom stereocenters. The molecule has 0 aliphatic rings. The van der Waals surface area contributed by atoms with Crippen LogP contribution in [0.4, 0.5) is 0 Å². The normalized spacial score (nSPS) is 9.92. The van der Waals surface area contributed by atoms with Crippen molar-refractivity contribution in [2.45, 2.75) is 18.2 Å². The Hall–Kier alpha value is -0.150. The first-order chi connectivity index (χ1) is 5.74. The van der Waals surface area contributed by atoms with Gasteiger partial charge in [0.1, 0.15) is 5.75 Å². The van der Waals surface area contributed by atoms with Crippen LogP contribution in [0.15, 0.2) is 27.6 Å². The molecule has 0 aliphatic carbocycles. The van der Waals surface area contributed by atoms with Gasteiger partial charge in [0, 0.05) is 4.90 Å². The topological polar surface area (TPSA) is 9.23 Å². The second-order valence-corrected chi connectivity index (χ2v) is 3.83. The summed E-state index contributed by atoms with van der Waals surface area (Å²) in [5.41, 5.74) is 0. The molecule has 1 rings (SSSR count). The lowest BCUT2D eigenvalue weighted by Crippen LogP contribution is -1.95. The molecule has 0 heterocycles.